The first-order valence-electron chi connectivity index (χ1n) is 10.6. The largest absolute Gasteiger partial charge is 0.497 e. The normalized spacial score (nSPS) is 16.5. The van der Waals surface area contributed by atoms with E-state index in [1.165, 1.54) is 0 Å². The molecule has 2 amide bonds. The molecule has 1 N–H and O–H groups in total. The second-order valence-electron chi connectivity index (χ2n) is 8.18. The third kappa shape index (κ3) is 5.81. The van der Waals surface area contributed by atoms with Gasteiger partial charge in [-0.2, -0.15) is 0 Å². The average molecular weight is 414 g/mol. The van der Waals surface area contributed by atoms with Gasteiger partial charge in [0, 0.05) is 26.1 Å². The lowest BCUT2D eigenvalue weighted by Gasteiger charge is -2.32. The summed E-state index contributed by atoms with van der Waals surface area (Å²) < 4.78 is 6.98. The van der Waals surface area contributed by atoms with Crippen molar-refractivity contribution in [3.05, 3.63) is 41.7 Å². The number of carbonyl (C=O) groups excluding carboxylic acids is 2. The Kier molecular flexibility index (Phi) is 7.43. The highest BCUT2D eigenvalue weighted by atomic mass is 16.5. The van der Waals surface area contributed by atoms with Crippen LogP contribution in [0.25, 0.3) is 0 Å². The Morgan fingerprint density at radius 1 is 1.33 bits per heavy atom. The van der Waals surface area contributed by atoms with Gasteiger partial charge in [0.2, 0.25) is 5.91 Å². The van der Waals surface area contributed by atoms with Crippen LogP contribution >= 0.6 is 0 Å². The van der Waals surface area contributed by atoms with E-state index in [4.69, 9.17) is 4.74 Å². The summed E-state index contributed by atoms with van der Waals surface area (Å²) >= 11 is 0. The molecule has 1 aliphatic rings. The zero-order chi connectivity index (χ0) is 21.5. The molecule has 0 radical (unpaired) electrons. The Bertz CT molecular complexity index is 864. The summed E-state index contributed by atoms with van der Waals surface area (Å²) in [5, 5.41) is 11.0. The Hall–Kier alpha value is -2.90. The summed E-state index contributed by atoms with van der Waals surface area (Å²) in [5.74, 6) is 1.10. The first kappa shape index (κ1) is 21.8. The van der Waals surface area contributed by atoms with Gasteiger partial charge in [-0.1, -0.05) is 31.2 Å². The number of aryl methyl sites for hydroxylation is 1. The van der Waals surface area contributed by atoms with Crippen LogP contribution < -0.4 is 10.1 Å². The van der Waals surface area contributed by atoms with Gasteiger partial charge in [-0.15, -0.1) is 5.10 Å². The summed E-state index contributed by atoms with van der Waals surface area (Å²) in [4.78, 5) is 26.8. The zero-order valence-electron chi connectivity index (χ0n) is 18.0. The third-order valence-corrected chi connectivity index (χ3v) is 5.30. The molecule has 30 heavy (non-hydrogen) atoms. The van der Waals surface area contributed by atoms with Crippen molar-refractivity contribution in [1.82, 2.24) is 25.2 Å². The summed E-state index contributed by atoms with van der Waals surface area (Å²) in [6.45, 7) is 6.03. The lowest BCUT2D eigenvalue weighted by Crippen LogP contribution is -2.41. The number of rotatable bonds is 8. The number of nitrogens with one attached hydrogen (secondary N) is 1. The summed E-state index contributed by atoms with van der Waals surface area (Å²) in [6, 6.07) is 7.85. The van der Waals surface area contributed by atoms with E-state index in [0.29, 0.717) is 37.5 Å². The predicted molar refractivity (Wildman–Crippen MR) is 113 cm³/mol. The van der Waals surface area contributed by atoms with Crippen molar-refractivity contribution in [2.24, 2.45) is 5.92 Å². The molecule has 8 nitrogen and oxygen atoms in total. The van der Waals surface area contributed by atoms with Crippen molar-refractivity contribution < 1.29 is 14.3 Å². The molecule has 162 valence electrons. The Labute approximate surface area is 177 Å². The highest BCUT2D eigenvalue weighted by Gasteiger charge is 2.26. The Balaban J connectivity index is 1.54. The maximum Gasteiger partial charge on any atom is 0.273 e. The van der Waals surface area contributed by atoms with E-state index >= 15 is 0 Å². The molecule has 1 aliphatic heterocycles. The van der Waals surface area contributed by atoms with Gasteiger partial charge in [0.1, 0.15) is 5.75 Å². The number of ether oxygens (including phenoxy) is 1. The summed E-state index contributed by atoms with van der Waals surface area (Å²) in [7, 11) is 1.64. The van der Waals surface area contributed by atoms with Crippen LogP contribution in [0, 0.1) is 5.92 Å². The SMILES string of the molecule is COc1cccc(CCC(=O)N2CCC[C@@H](n3cc(C(=O)NCC(C)C)nn3)C2)c1. The van der Waals surface area contributed by atoms with Gasteiger partial charge in [0.25, 0.3) is 5.91 Å². The molecule has 0 saturated carbocycles. The van der Waals surface area contributed by atoms with Gasteiger partial charge in [-0.25, -0.2) is 4.68 Å². The monoisotopic (exact) mass is 413 g/mol. The molecule has 0 spiro atoms. The number of methoxy groups -OCH3 is 1. The van der Waals surface area contributed by atoms with Gasteiger partial charge in [-0.3, -0.25) is 9.59 Å². The number of nitrogens with zero attached hydrogens (tertiary/aromatic N) is 4. The van der Waals surface area contributed by atoms with Crippen molar-refractivity contribution in [2.75, 3.05) is 26.7 Å². The molecular weight excluding hydrogens is 382 g/mol. The van der Waals surface area contributed by atoms with Crippen LogP contribution in [0.15, 0.2) is 30.5 Å². The van der Waals surface area contributed by atoms with Gasteiger partial charge >= 0.3 is 0 Å². The maximum atomic E-state index is 12.8. The second-order valence-corrected chi connectivity index (χ2v) is 8.18. The lowest BCUT2D eigenvalue weighted by molar-refractivity contribution is -0.132. The number of benzene rings is 1. The highest BCUT2D eigenvalue weighted by molar-refractivity contribution is 5.91. The van der Waals surface area contributed by atoms with Gasteiger partial charge < -0.3 is 15.0 Å². The minimum atomic E-state index is -0.211. The highest BCUT2D eigenvalue weighted by Crippen LogP contribution is 2.22. The molecule has 1 fully saturated rings. The standard InChI is InChI=1S/C22H31N5O3/c1-16(2)13-23-22(29)20-15-27(25-24-20)18-7-5-11-26(14-18)21(28)10-9-17-6-4-8-19(12-17)30-3/h4,6,8,12,15-16,18H,5,7,9-11,13-14H2,1-3H3,(H,23,29)/t18-/m1/s1. The number of carbonyl (C=O) groups is 2. The number of amides is 2. The summed E-state index contributed by atoms with van der Waals surface area (Å²) in [5.41, 5.74) is 1.40. The molecule has 2 aromatic rings. The minimum Gasteiger partial charge on any atom is -0.497 e. The maximum absolute atomic E-state index is 12.8. The molecule has 8 heteroatoms. The van der Waals surface area contributed by atoms with E-state index < -0.39 is 0 Å². The fourth-order valence-electron chi connectivity index (χ4n) is 3.58. The van der Waals surface area contributed by atoms with Crippen LogP contribution in [0.1, 0.15) is 55.2 Å². The summed E-state index contributed by atoms with van der Waals surface area (Å²) in [6.07, 6.45) is 4.64. The molecule has 1 saturated heterocycles. The van der Waals surface area contributed by atoms with Crippen LogP contribution in [0.5, 0.6) is 5.75 Å². The molecule has 0 bridgehead atoms. The van der Waals surface area contributed by atoms with Gasteiger partial charge in [0.15, 0.2) is 5.69 Å². The minimum absolute atomic E-state index is 0.0404. The fourth-order valence-corrected chi connectivity index (χ4v) is 3.58. The smallest absolute Gasteiger partial charge is 0.273 e. The van der Waals surface area contributed by atoms with E-state index in [0.717, 1.165) is 30.7 Å². The number of piperidine rings is 1. The molecular formula is C22H31N5O3. The molecule has 0 unspecified atom stereocenters. The molecule has 0 aliphatic carbocycles. The molecule has 1 aromatic heterocycles. The number of hydrogen-bond donors (Lipinski definition) is 1. The van der Waals surface area contributed by atoms with Gasteiger partial charge in [-0.05, 0) is 42.9 Å². The third-order valence-electron chi connectivity index (χ3n) is 5.30. The fraction of sp³-hybridized carbons (Fsp3) is 0.545. The van der Waals surface area contributed by atoms with E-state index in [1.54, 1.807) is 18.0 Å². The van der Waals surface area contributed by atoms with Crippen molar-refractivity contribution in [3.63, 3.8) is 0 Å². The van der Waals surface area contributed by atoms with E-state index in [2.05, 4.69) is 15.6 Å². The van der Waals surface area contributed by atoms with Gasteiger partial charge in [0.05, 0.1) is 19.3 Å². The van der Waals surface area contributed by atoms with Crippen LogP contribution in [-0.4, -0.2) is 58.5 Å². The van der Waals surface area contributed by atoms with E-state index in [9.17, 15) is 9.59 Å². The molecule has 1 atom stereocenters. The second kappa shape index (κ2) is 10.2. The zero-order valence-corrected chi connectivity index (χ0v) is 18.0. The molecule has 3 rings (SSSR count). The first-order valence-corrected chi connectivity index (χ1v) is 10.6. The van der Waals surface area contributed by atoms with Crippen molar-refractivity contribution in [2.45, 2.75) is 45.6 Å². The number of likely N-dealkylation sites (tertiary alicyclic amines) is 1. The van der Waals surface area contributed by atoms with E-state index in [-0.39, 0.29) is 17.9 Å². The van der Waals surface area contributed by atoms with Crippen molar-refractivity contribution >= 4 is 11.8 Å². The Morgan fingerprint density at radius 3 is 2.93 bits per heavy atom. The number of aromatic nitrogens is 3. The van der Waals surface area contributed by atoms with E-state index in [1.807, 2.05) is 43.0 Å². The average Bonchev–Trinajstić information content (AvgIpc) is 3.26. The van der Waals surface area contributed by atoms with Crippen LogP contribution in [0.2, 0.25) is 0 Å². The molecule has 2 heterocycles. The topological polar surface area (TPSA) is 89.4 Å². The first-order chi connectivity index (χ1) is 14.5. The van der Waals surface area contributed by atoms with Crippen molar-refractivity contribution in [3.8, 4) is 5.75 Å². The molecule has 1 aromatic carbocycles. The van der Waals surface area contributed by atoms with Crippen LogP contribution in [0.4, 0.5) is 0 Å². The van der Waals surface area contributed by atoms with Crippen LogP contribution in [0.3, 0.4) is 0 Å². The number of hydrogen-bond acceptors (Lipinski definition) is 5. The lowest BCUT2D eigenvalue weighted by atomic mass is 10.0. The predicted octanol–water partition coefficient (Wildman–Crippen LogP) is 2.47. The Morgan fingerprint density at radius 2 is 2.17 bits per heavy atom. The van der Waals surface area contributed by atoms with Crippen LogP contribution in [-0.2, 0) is 11.2 Å². The van der Waals surface area contributed by atoms with Crippen molar-refractivity contribution in [1.29, 1.82) is 0 Å². The quantitative estimate of drug-likeness (QED) is 0.718.